The van der Waals surface area contributed by atoms with E-state index < -0.39 is 17.3 Å². The summed E-state index contributed by atoms with van der Waals surface area (Å²) in [5, 5.41) is 9.75. The van der Waals surface area contributed by atoms with Crippen molar-refractivity contribution >= 4 is 23.4 Å². The summed E-state index contributed by atoms with van der Waals surface area (Å²) in [6.45, 7) is 0. The lowest BCUT2D eigenvalue weighted by Gasteiger charge is -2.05. The number of aromatic amines is 1. The van der Waals surface area contributed by atoms with Crippen molar-refractivity contribution in [1.82, 2.24) is 15.2 Å². The number of amides is 1. The van der Waals surface area contributed by atoms with Crippen LogP contribution < -0.4 is 10.9 Å². The van der Waals surface area contributed by atoms with Crippen molar-refractivity contribution in [3.05, 3.63) is 46.6 Å². The molecule has 1 aromatic heterocycles. The zero-order valence-electron chi connectivity index (χ0n) is 9.59. The first-order valence-electron chi connectivity index (χ1n) is 5.24. The second kappa shape index (κ2) is 6.10. The van der Waals surface area contributed by atoms with Crippen LogP contribution in [0, 0.1) is 5.82 Å². The van der Waals surface area contributed by atoms with Crippen molar-refractivity contribution in [2.75, 3.05) is 11.1 Å². The third-order valence-corrected chi connectivity index (χ3v) is 2.91. The van der Waals surface area contributed by atoms with E-state index in [1.54, 1.807) is 6.07 Å². The summed E-state index contributed by atoms with van der Waals surface area (Å²) in [4.78, 5) is 25.0. The number of nitrogens with one attached hydrogen (secondary N) is 2. The molecule has 0 bridgehead atoms. The van der Waals surface area contributed by atoms with E-state index in [0.29, 0.717) is 0 Å². The highest BCUT2D eigenvalue weighted by Gasteiger charge is 2.07. The van der Waals surface area contributed by atoms with Crippen LogP contribution >= 0.6 is 11.8 Å². The zero-order valence-corrected chi connectivity index (χ0v) is 10.4. The Morgan fingerprint density at radius 2 is 2.21 bits per heavy atom. The van der Waals surface area contributed by atoms with E-state index in [-0.39, 0.29) is 16.6 Å². The van der Waals surface area contributed by atoms with Crippen LogP contribution in [-0.2, 0) is 4.79 Å². The first-order chi connectivity index (χ1) is 9.15. The third-order valence-electron chi connectivity index (χ3n) is 2.04. The summed E-state index contributed by atoms with van der Waals surface area (Å²) >= 11 is 1.00. The Bertz CT molecular complexity index is 646. The van der Waals surface area contributed by atoms with E-state index in [2.05, 4.69) is 20.5 Å². The van der Waals surface area contributed by atoms with Gasteiger partial charge in [0, 0.05) is 0 Å². The van der Waals surface area contributed by atoms with Gasteiger partial charge in [-0.05, 0) is 12.1 Å². The van der Waals surface area contributed by atoms with Crippen LogP contribution in [0.3, 0.4) is 0 Å². The fraction of sp³-hybridized carbons (Fsp3) is 0.0909. The molecule has 6 nitrogen and oxygen atoms in total. The third kappa shape index (κ3) is 3.88. The van der Waals surface area contributed by atoms with E-state index in [0.717, 1.165) is 18.0 Å². The molecule has 0 radical (unpaired) electrons. The lowest BCUT2D eigenvalue weighted by atomic mass is 10.3. The van der Waals surface area contributed by atoms with Gasteiger partial charge < -0.3 is 5.32 Å². The Balaban J connectivity index is 1.92. The summed E-state index contributed by atoms with van der Waals surface area (Å²) in [6.07, 6.45) is 1.03. The molecular formula is C11H9FN4O2S. The van der Waals surface area contributed by atoms with Crippen molar-refractivity contribution in [1.29, 1.82) is 0 Å². The van der Waals surface area contributed by atoms with Gasteiger partial charge in [-0.15, -0.1) is 5.10 Å². The molecule has 0 unspecified atom stereocenters. The largest absolute Gasteiger partial charge is 0.323 e. The lowest BCUT2D eigenvalue weighted by molar-refractivity contribution is -0.113. The molecule has 2 aromatic rings. The maximum atomic E-state index is 13.3. The molecule has 0 aliphatic rings. The average molecular weight is 280 g/mol. The average Bonchev–Trinajstić information content (AvgIpc) is 2.39. The molecule has 0 aliphatic heterocycles. The van der Waals surface area contributed by atoms with Crippen molar-refractivity contribution in [2.45, 2.75) is 5.16 Å². The number of carbonyl (C=O) groups is 1. The molecule has 0 spiro atoms. The number of anilines is 1. The summed E-state index contributed by atoms with van der Waals surface area (Å²) in [6, 6.07) is 5.86. The Morgan fingerprint density at radius 3 is 2.95 bits per heavy atom. The lowest BCUT2D eigenvalue weighted by Crippen LogP contribution is -2.16. The van der Waals surface area contributed by atoms with Crippen LogP contribution in [0.25, 0.3) is 0 Å². The van der Waals surface area contributed by atoms with Gasteiger partial charge in [0.25, 0.3) is 5.56 Å². The molecule has 2 rings (SSSR count). The van der Waals surface area contributed by atoms with Crippen molar-refractivity contribution in [3.63, 3.8) is 0 Å². The van der Waals surface area contributed by atoms with Gasteiger partial charge in [-0.2, -0.15) is 5.10 Å². The second-order valence-corrected chi connectivity index (χ2v) is 4.42. The minimum absolute atomic E-state index is 0.0109. The quantitative estimate of drug-likeness (QED) is 0.817. The molecule has 1 amide bonds. The summed E-state index contributed by atoms with van der Waals surface area (Å²) in [5.41, 5.74) is -0.284. The number of benzene rings is 1. The highest BCUT2D eigenvalue weighted by Crippen LogP contribution is 2.14. The number of hydrogen-bond acceptors (Lipinski definition) is 5. The smallest absolute Gasteiger partial charge is 0.270 e. The van der Waals surface area contributed by atoms with Gasteiger partial charge in [0.2, 0.25) is 5.91 Å². The SMILES string of the molecule is O=C(CSc1nncc(=O)[nH]1)Nc1ccccc1F. The van der Waals surface area contributed by atoms with E-state index in [1.807, 2.05) is 0 Å². The molecular weight excluding hydrogens is 271 g/mol. The number of para-hydroxylation sites is 1. The molecule has 0 saturated heterocycles. The molecule has 8 heteroatoms. The van der Waals surface area contributed by atoms with Crippen LogP contribution in [0.5, 0.6) is 0 Å². The van der Waals surface area contributed by atoms with E-state index in [1.165, 1.54) is 18.2 Å². The highest BCUT2D eigenvalue weighted by molar-refractivity contribution is 7.99. The monoisotopic (exact) mass is 280 g/mol. The number of carbonyl (C=O) groups excluding carboxylic acids is 1. The Labute approximate surface area is 111 Å². The molecule has 0 aliphatic carbocycles. The molecule has 1 heterocycles. The standard InChI is InChI=1S/C11H9FN4O2S/c12-7-3-1-2-4-8(7)14-10(18)6-19-11-15-9(17)5-13-16-11/h1-5H,6H2,(H,14,18)(H,15,16,17). The first-order valence-corrected chi connectivity index (χ1v) is 6.23. The normalized spacial score (nSPS) is 10.2. The van der Waals surface area contributed by atoms with Gasteiger partial charge in [-0.3, -0.25) is 14.6 Å². The molecule has 0 fully saturated rings. The van der Waals surface area contributed by atoms with E-state index >= 15 is 0 Å². The number of nitrogens with zero attached hydrogens (tertiary/aromatic N) is 2. The predicted molar refractivity (Wildman–Crippen MR) is 68.4 cm³/mol. The van der Waals surface area contributed by atoms with Crippen LogP contribution in [0.15, 0.2) is 40.4 Å². The molecule has 98 valence electrons. The molecule has 1 aromatic carbocycles. The number of hydrogen-bond donors (Lipinski definition) is 2. The topological polar surface area (TPSA) is 87.7 Å². The second-order valence-electron chi connectivity index (χ2n) is 3.46. The summed E-state index contributed by atoms with van der Waals surface area (Å²) in [5.74, 6) is -0.918. The van der Waals surface area contributed by atoms with Crippen molar-refractivity contribution < 1.29 is 9.18 Å². The van der Waals surface area contributed by atoms with Crippen molar-refractivity contribution in [2.24, 2.45) is 0 Å². The fourth-order valence-corrected chi connectivity index (χ4v) is 1.86. The van der Waals surface area contributed by atoms with Gasteiger partial charge in [0.1, 0.15) is 12.0 Å². The molecule has 2 N–H and O–H groups in total. The van der Waals surface area contributed by atoms with Gasteiger partial charge in [0.05, 0.1) is 11.4 Å². The maximum absolute atomic E-state index is 13.3. The first kappa shape index (κ1) is 13.2. The van der Waals surface area contributed by atoms with Crippen LogP contribution in [0.2, 0.25) is 0 Å². The van der Waals surface area contributed by atoms with Crippen molar-refractivity contribution in [3.8, 4) is 0 Å². The number of thioether (sulfide) groups is 1. The Hall–Kier alpha value is -2.22. The Morgan fingerprint density at radius 1 is 1.42 bits per heavy atom. The molecule has 19 heavy (non-hydrogen) atoms. The van der Waals surface area contributed by atoms with Gasteiger partial charge in [0.15, 0.2) is 5.16 Å². The maximum Gasteiger partial charge on any atom is 0.270 e. The number of aromatic nitrogens is 3. The minimum Gasteiger partial charge on any atom is -0.323 e. The van der Waals surface area contributed by atoms with Gasteiger partial charge in [-0.1, -0.05) is 23.9 Å². The Kier molecular flexibility index (Phi) is 4.24. The minimum atomic E-state index is -0.506. The number of rotatable bonds is 4. The summed E-state index contributed by atoms with van der Waals surface area (Å²) in [7, 11) is 0. The number of H-pyrrole nitrogens is 1. The van der Waals surface area contributed by atoms with E-state index in [9.17, 15) is 14.0 Å². The van der Waals surface area contributed by atoms with E-state index in [4.69, 9.17) is 0 Å². The van der Waals surface area contributed by atoms with Crippen LogP contribution in [-0.4, -0.2) is 26.8 Å². The zero-order chi connectivity index (χ0) is 13.7. The van der Waals surface area contributed by atoms with Crippen LogP contribution in [0.4, 0.5) is 10.1 Å². The fourth-order valence-electron chi connectivity index (χ4n) is 1.24. The van der Waals surface area contributed by atoms with Gasteiger partial charge in [-0.25, -0.2) is 4.39 Å². The van der Waals surface area contributed by atoms with Gasteiger partial charge >= 0.3 is 0 Å². The number of halogens is 1. The van der Waals surface area contributed by atoms with Crippen LogP contribution in [0.1, 0.15) is 0 Å². The molecule has 0 saturated carbocycles. The molecule has 0 atom stereocenters. The highest BCUT2D eigenvalue weighted by atomic mass is 32.2. The summed E-state index contributed by atoms with van der Waals surface area (Å²) < 4.78 is 13.3. The predicted octanol–water partition coefficient (Wildman–Crippen LogP) is 1.03.